The molecule has 2 aliphatic rings. The summed E-state index contributed by atoms with van der Waals surface area (Å²) in [6, 6.07) is 0. The van der Waals surface area contributed by atoms with Gasteiger partial charge in [0.25, 0.3) is 0 Å². The highest BCUT2D eigenvalue weighted by atomic mass is 127. The second kappa shape index (κ2) is 7.13. The summed E-state index contributed by atoms with van der Waals surface area (Å²) in [6.07, 6.45) is 4.46. The lowest BCUT2D eigenvalue weighted by Gasteiger charge is -2.35. The zero-order valence-corrected chi connectivity index (χ0v) is 12.1. The molecule has 1 N–H and O–H groups in total. The van der Waals surface area contributed by atoms with Gasteiger partial charge in [-0.15, -0.1) is 0 Å². The zero-order chi connectivity index (χ0) is 11.2. The van der Waals surface area contributed by atoms with E-state index in [1.165, 1.54) is 43.3 Å². The van der Waals surface area contributed by atoms with Crippen LogP contribution in [0, 0.1) is 5.92 Å². The van der Waals surface area contributed by atoms with E-state index in [-0.39, 0.29) is 0 Å². The Morgan fingerprint density at radius 1 is 1.31 bits per heavy atom. The third kappa shape index (κ3) is 4.13. The number of morpholine rings is 1. The van der Waals surface area contributed by atoms with Crippen molar-refractivity contribution in [2.75, 3.05) is 43.8 Å². The standard InChI is InChI=1S/C12H23IN2O/c13-3-6-15-7-8-16-12(10-15)9-11-1-4-14-5-2-11/h11-12,14H,1-10H2. The Hall–Kier alpha value is 0.610. The lowest BCUT2D eigenvalue weighted by atomic mass is 9.91. The largest absolute Gasteiger partial charge is 0.376 e. The van der Waals surface area contributed by atoms with Crippen LogP contribution < -0.4 is 5.32 Å². The molecular formula is C12H23IN2O. The minimum absolute atomic E-state index is 0.500. The van der Waals surface area contributed by atoms with Crippen LogP contribution in [0.2, 0.25) is 0 Å². The molecule has 2 saturated heterocycles. The molecule has 0 aromatic carbocycles. The van der Waals surface area contributed by atoms with E-state index in [0.717, 1.165) is 25.6 Å². The topological polar surface area (TPSA) is 24.5 Å². The molecule has 2 rings (SSSR count). The SMILES string of the molecule is ICCN1CCOC(CC2CCNCC2)C1. The maximum absolute atomic E-state index is 5.89. The van der Waals surface area contributed by atoms with E-state index in [4.69, 9.17) is 4.74 Å². The Morgan fingerprint density at radius 3 is 2.88 bits per heavy atom. The van der Waals surface area contributed by atoms with Crippen molar-refractivity contribution in [3.63, 3.8) is 0 Å². The predicted molar refractivity (Wildman–Crippen MR) is 75.3 cm³/mol. The van der Waals surface area contributed by atoms with Crippen LogP contribution in [0.3, 0.4) is 0 Å². The van der Waals surface area contributed by atoms with Crippen LogP contribution in [0.1, 0.15) is 19.3 Å². The van der Waals surface area contributed by atoms with Crippen LogP contribution in [0.5, 0.6) is 0 Å². The molecule has 3 nitrogen and oxygen atoms in total. The molecule has 94 valence electrons. The number of rotatable bonds is 4. The van der Waals surface area contributed by atoms with Gasteiger partial charge in [0.05, 0.1) is 12.7 Å². The van der Waals surface area contributed by atoms with E-state index in [1.807, 2.05) is 0 Å². The summed E-state index contributed by atoms with van der Waals surface area (Å²) < 4.78 is 7.13. The number of piperidine rings is 1. The maximum atomic E-state index is 5.89. The van der Waals surface area contributed by atoms with Crippen molar-refractivity contribution in [2.45, 2.75) is 25.4 Å². The van der Waals surface area contributed by atoms with Gasteiger partial charge in [-0.1, -0.05) is 22.6 Å². The Balaban J connectivity index is 1.71. The Morgan fingerprint density at radius 2 is 2.12 bits per heavy atom. The smallest absolute Gasteiger partial charge is 0.0705 e. The lowest BCUT2D eigenvalue weighted by Crippen LogP contribution is -2.44. The number of halogens is 1. The average Bonchev–Trinajstić information content (AvgIpc) is 2.31. The molecule has 0 aromatic rings. The van der Waals surface area contributed by atoms with Gasteiger partial charge < -0.3 is 10.1 Å². The molecule has 1 atom stereocenters. The van der Waals surface area contributed by atoms with Gasteiger partial charge in [-0.05, 0) is 38.3 Å². The van der Waals surface area contributed by atoms with Gasteiger partial charge in [0.1, 0.15) is 0 Å². The van der Waals surface area contributed by atoms with E-state index >= 15 is 0 Å². The molecule has 0 aliphatic carbocycles. The quantitative estimate of drug-likeness (QED) is 0.621. The summed E-state index contributed by atoms with van der Waals surface area (Å²) in [4.78, 5) is 2.56. The first-order valence-electron chi connectivity index (χ1n) is 6.49. The maximum Gasteiger partial charge on any atom is 0.0705 e. The molecule has 2 aliphatic heterocycles. The Labute approximate surface area is 112 Å². The summed E-state index contributed by atoms with van der Waals surface area (Å²) in [5.74, 6) is 0.894. The van der Waals surface area contributed by atoms with E-state index < -0.39 is 0 Å². The molecule has 4 heteroatoms. The van der Waals surface area contributed by atoms with Gasteiger partial charge in [-0.2, -0.15) is 0 Å². The number of nitrogens with zero attached hydrogens (tertiary/aromatic N) is 1. The predicted octanol–water partition coefficient (Wildman–Crippen LogP) is 1.51. The van der Waals surface area contributed by atoms with Gasteiger partial charge in [-0.25, -0.2) is 0 Å². The van der Waals surface area contributed by atoms with Crippen molar-refractivity contribution in [1.82, 2.24) is 10.2 Å². The molecular weight excluding hydrogens is 315 g/mol. The third-order valence-electron chi connectivity index (χ3n) is 3.68. The molecule has 1 unspecified atom stereocenters. The van der Waals surface area contributed by atoms with Crippen LogP contribution in [0.4, 0.5) is 0 Å². The summed E-state index contributed by atoms with van der Waals surface area (Å²) in [5, 5.41) is 3.43. The second-order valence-corrected chi connectivity index (χ2v) is 5.99. The minimum atomic E-state index is 0.500. The van der Waals surface area contributed by atoms with Crippen LogP contribution in [0.15, 0.2) is 0 Å². The van der Waals surface area contributed by atoms with E-state index in [2.05, 4.69) is 32.8 Å². The van der Waals surface area contributed by atoms with Crippen molar-refractivity contribution in [2.24, 2.45) is 5.92 Å². The molecule has 0 spiro atoms. The highest BCUT2D eigenvalue weighted by molar-refractivity contribution is 14.1. The van der Waals surface area contributed by atoms with Crippen molar-refractivity contribution in [3.8, 4) is 0 Å². The molecule has 0 amide bonds. The van der Waals surface area contributed by atoms with Crippen LogP contribution >= 0.6 is 22.6 Å². The first kappa shape index (κ1) is 13.1. The molecule has 2 heterocycles. The fourth-order valence-corrected chi connectivity index (χ4v) is 3.42. The molecule has 0 saturated carbocycles. The van der Waals surface area contributed by atoms with Gasteiger partial charge in [0, 0.05) is 24.1 Å². The van der Waals surface area contributed by atoms with Gasteiger partial charge in [0.15, 0.2) is 0 Å². The summed E-state index contributed by atoms with van der Waals surface area (Å²) in [7, 11) is 0. The lowest BCUT2D eigenvalue weighted by molar-refractivity contribution is -0.0387. The van der Waals surface area contributed by atoms with Crippen molar-refractivity contribution in [3.05, 3.63) is 0 Å². The molecule has 0 aromatic heterocycles. The first-order chi connectivity index (χ1) is 7.88. The minimum Gasteiger partial charge on any atom is -0.376 e. The van der Waals surface area contributed by atoms with Crippen molar-refractivity contribution >= 4 is 22.6 Å². The van der Waals surface area contributed by atoms with Crippen molar-refractivity contribution in [1.29, 1.82) is 0 Å². The highest BCUT2D eigenvalue weighted by Crippen LogP contribution is 2.21. The molecule has 0 radical (unpaired) electrons. The summed E-state index contributed by atoms with van der Waals surface area (Å²) >= 11 is 2.46. The van der Waals surface area contributed by atoms with Gasteiger partial charge >= 0.3 is 0 Å². The van der Waals surface area contributed by atoms with Crippen LogP contribution in [0.25, 0.3) is 0 Å². The molecule has 16 heavy (non-hydrogen) atoms. The van der Waals surface area contributed by atoms with Gasteiger partial charge in [0.2, 0.25) is 0 Å². The monoisotopic (exact) mass is 338 g/mol. The van der Waals surface area contributed by atoms with Crippen molar-refractivity contribution < 1.29 is 4.74 Å². The Kier molecular flexibility index (Phi) is 5.82. The number of ether oxygens (including phenoxy) is 1. The van der Waals surface area contributed by atoms with E-state index in [0.29, 0.717) is 6.10 Å². The highest BCUT2D eigenvalue weighted by Gasteiger charge is 2.24. The van der Waals surface area contributed by atoms with E-state index in [9.17, 15) is 0 Å². The first-order valence-corrected chi connectivity index (χ1v) is 8.01. The summed E-state index contributed by atoms with van der Waals surface area (Å²) in [5.41, 5.74) is 0. The fourth-order valence-electron chi connectivity index (χ4n) is 2.73. The van der Waals surface area contributed by atoms with E-state index in [1.54, 1.807) is 0 Å². The number of hydrogen-bond donors (Lipinski definition) is 1. The fraction of sp³-hybridized carbons (Fsp3) is 1.00. The second-order valence-electron chi connectivity index (χ2n) is 4.91. The normalized spacial score (nSPS) is 29.4. The Bertz CT molecular complexity index is 195. The van der Waals surface area contributed by atoms with Crippen LogP contribution in [-0.4, -0.2) is 54.8 Å². The zero-order valence-electron chi connectivity index (χ0n) is 9.96. The number of hydrogen-bond acceptors (Lipinski definition) is 3. The third-order valence-corrected chi connectivity index (χ3v) is 4.16. The van der Waals surface area contributed by atoms with Crippen LogP contribution in [-0.2, 0) is 4.74 Å². The molecule has 2 fully saturated rings. The molecule has 0 bridgehead atoms. The summed E-state index contributed by atoms with van der Waals surface area (Å²) in [6.45, 7) is 6.86. The number of alkyl halides is 1. The number of nitrogens with one attached hydrogen (secondary N) is 1. The van der Waals surface area contributed by atoms with Gasteiger partial charge in [-0.3, -0.25) is 4.90 Å². The average molecular weight is 338 g/mol.